The van der Waals surface area contributed by atoms with E-state index in [9.17, 15) is 4.79 Å². The van der Waals surface area contributed by atoms with Gasteiger partial charge in [-0.25, -0.2) is 4.99 Å². The second-order valence-electron chi connectivity index (χ2n) is 4.34. The molecule has 1 N–H and O–H groups in total. The van der Waals surface area contributed by atoms with Crippen molar-refractivity contribution in [2.75, 3.05) is 0 Å². The topological polar surface area (TPSA) is 54.4 Å². The highest BCUT2D eigenvalue weighted by Crippen LogP contribution is 2.34. The summed E-state index contributed by atoms with van der Waals surface area (Å²) in [5.41, 5.74) is 1.36. The number of hydrogen-bond acceptors (Lipinski definition) is 4. The molecule has 4 nitrogen and oxygen atoms in total. The van der Waals surface area contributed by atoms with Crippen molar-refractivity contribution in [3.05, 3.63) is 63.2 Å². The normalized spacial score (nSPS) is 18.0. The number of rotatable bonds is 2. The van der Waals surface area contributed by atoms with Crippen molar-refractivity contribution < 1.29 is 4.79 Å². The quantitative estimate of drug-likeness (QED) is 0.823. The van der Waals surface area contributed by atoms with Crippen molar-refractivity contribution in [3.63, 3.8) is 0 Å². The van der Waals surface area contributed by atoms with Crippen molar-refractivity contribution in [3.8, 4) is 0 Å². The molecule has 1 saturated heterocycles. The second kappa shape index (κ2) is 6.52. The van der Waals surface area contributed by atoms with Crippen LogP contribution in [0.3, 0.4) is 0 Å². The average molecular weight is 350 g/mol. The number of hydrogen-bond donors (Lipinski definition) is 1. The first-order valence-corrected chi connectivity index (χ1v) is 7.84. The van der Waals surface area contributed by atoms with Gasteiger partial charge in [-0.3, -0.25) is 9.78 Å². The van der Waals surface area contributed by atoms with Gasteiger partial charge in [0.25, 0.3) is 5.91 Å². The van der Waals surface area contributed by atoms with Crippen LogP contribution in [0.25, 0.3) is 6.08 Å². The fraction of sp³-hybridized carbons (Fsp3) is 0. The van der Waals surface area contributed by atoms with Crippen LogP contribution in [0.1, 0.15) is 5.56 Å². The van der Waals surface area contributed by atoms with Gasteiger partial charge in [-0.1, -0.05) is 35.3 Å². The molecule has 110 valence electrons. The molecule has 0 unspecified atom stereocenters. The van der Waals surface area contributed by atoms with Gasteiger partial charge in [0.05, 0.1) is 20.6 Å². The zero-order valence-corrected chi connectivity index (χ0v) is 13.4. The van der Waals surface area contributed by atoms with Crippen LogP contribution < -0.4 is 5.32 Å². The Balaban J connectivity index is 1.87. The summed E-state index contributed by atoms with van der Waals surface area (Å²) in [6, 6.07) is 8.85. The minimum atomic E-state index is -0.203. The van der Waals surface area contributed by atoms with Crippen molar-refractivity contribution in [1.82, 2.24) is 10.3 Å². The van der Waals surface area contributed by atoms with Crippen LogP contribution in [0.15, 0.2) is 52.6 Å². The first-order chi connectivity index (χ1) is 10.6. The van der Waals surface area contributed by atoms with E-state index in [0.717, 1.165) is 5.56 Å². The van der Waals surface area contributed by atoms with Crippen LogP contribution in [-0.2, 0) is 4.79 Å². The summed E-state index contributed by atoms with van der Waals surface area (Å²) in [5, 5.41) is 3.94. The minimum absolute atomic E-state index is 0.203. The molecule has 2 heterocycles. The number of aliphatic imine (C=N–C) groups is 1. The number of thioether (sulfide) groups is 1. The van der Waals surface area contributed by atoms with E-state index in [2.05, 4.69) is 15.3 Å². The molecule has 2 aromatic rings. The number of benzene rings is 1. The summed E-state index contributed by atoms with van der Waals surface area (Å²) in [5.74, 6) is -0.203. The zero-order valence-electron chi connectivity index (χ0n) is 11.1. The van der Waals surface area contributed by atoms with Crippen LogP contribution >= 0.6 is 35.0 Å². The number of carbonyl (C=O) groups excluding carboxylic acids is 1. The number of nitrogens with zero attached hydrogens (tertiary/aromatic N) is 2. The van der Waals surface area contributed by atoms with Gasteiger partial charge in [0.15, 0.2) is 5.17 Å². The van der Waals surface area contributed by atoms with E-state index in [0.29, 0.717) is 25.8 Å². The predicted molar refractivity (Wildman–Crippen MR) is 91.5 cm³/mol. The number of carbonyl (C=O) groups is 1. The Morgan fingerprint density at radius 1 is 1.23 bits per heavy atom. The summed E-state index contributed by atoms with van der Waals surface area (Å²) in [6.45, 7) is 0. The monoisotopic (exact) mass is 349 g/mol. The Kier molecular flexibility index (Phi) is 4.47. The Bertz CT molecular complexity index is 791. The highest BCUT2D eigenvalue weighted by atomic mass is 35.5. The maximum absolute atomic E-state index is 12.0. The first-order valence-electron chi connectivity index (χ1n) is 6.27. The van der Waals surface area contributed by atoms with E-state index in [1.54, 1.807) is 36.7 Å². The van der Waals surface area contributed by atoms with Crippen LogP contribution in [0, 0.1) is 0 Å². The lowest BCUT2D eigenvalue weighted by atomic mass is 10.2. The largest absolute Gasteiger partial charge is 0.300 e. The van der Waals surface area contributed by atoms with E-state index >= 15 is 0 Å². The number of amides is 1. The highest BCUT2D eigenvalue weighted by molar-refractivity contribution is 8.18. The molecule has 0 aliphatic carbocycles. The highest BCUT2D eigenvalue weighted by Gasteiger charge is 2.24. The van der Waals surface area contributed by atoms with Crippen LogP contribution in [0.2, 0.25) is 10.0 Å². The first kappa shape index (κ1) is 15.1. The average Bonchev–Trinajstić information content (AvgIpc) is 2.85. The van der Waals surface area contributed by atoms with Gasteiger partial charge in [-0.15, -0.1) is 0 Å². The molecule has 22 heavy (non-hydrogen) atoms. The Morgan fingerprint density at radius 3 is 2.86 bits per heavy atom. The lowest BCUT2D eigenvalue weighted by molar-refractivity contribution is -0.115. The van der Waals surface area contributed by atoms with Crippen LogP contribution in [0.4, 0.5) is 5.69 Å². The Labute approximate surface area is 141 Å². The van der Waals surface area contributed by atoms with Crippen molar-refractivity contribution >= 4 is 57.8 Å². The van der Waals surface area contributed by atoms with E-state index in [-0.39, 0.29) is 5.91 Å². The molecular formula is C15H9Cl2N3OS. The van der Waals surface area contributed by atoms with Gasteiger partial charge in [0.2, 0.25) is 0 Å². The van der Waals surface area contributed by atoms with E-state index in [1.165, 1.54) is 11.8 Å². The van der Waals surface area contributed by atoms with Crippen molar-refractivity contribution in [1.29, 1.82) is 0 Å². The van der Waals surface area contributed by atoms with Crippen LogP contribution in [-0.4, -0.2) is 16.1 Å². The maximum Gasteiger partial charge on any atom is 0.264 e. The standard InChI is InChI=1S/C15H9Cl2N3OS/c16-10-4-1-5-11(13(10)17)19-15-20-14(21)12(22-15)7-9-3-2-6-18-8-9/h1-8H,(H,19,20,21). The smallest absolute Gasteiger partial charge is 0.264 e. The molecule has 0 radical (unpaired) electrons. The molecule has 0 atom stereocenters. The molecule has 1 aliphatic heterocycles. The van der Waals surface area contributed by atoms with Crippen LogP contribution in [0.5, 0.6) is 0 Å². The number of amidine groups is 1. The number of halogens is 2. The molecule has 3 rings (SSSR count). The summed E-state index contributed by atoms with van der Waals surface area (Å²) < 4.78 is 0. The maximum atomic E-state index is 12.0. The molecule has 0 spiro atoms. The van der Waals surface area contributed by atoms with E-state index < -0.39 is 0 Å². The third-order valence-corrected chi connectivity index (χ3v) is 4.51. The van der Waals surface area contributed by atoms with Gasteiger partial charge >= 0.3 is 0 Å². The number of pyridine rings is 1. The fourth-order valence-electron chi connectivity index (χ4n) is 1.78. The zero-order chi connectivity index (χ0) is 15.5. The Morgan fingerprint density at radius 2 is 2.09 bits per heavy atom. The third-order valence-electron chi connectivity index (χ3n) is 2.79. The minimum Gasteiger partial charge on any atom is -0.300 e. The Hall–Kier alpha value is -1.82. The molecular weight excluding hydrogens is 341 g/mol. The molecule has 7 heteroatoms. The van der Waals surface area contributed by atoms with E-state index in [4.69, 9.17) is 23.2 Å². The number of aromatic nitrogens is 1. The van der Waals surface area contributed by atoms with Gasteiger partial charge in [-0.05, 0) is 41.6 Å². The van der Waals surface area contributed by atoms with Gasteiger partial charge in [-0.2, -0.15) is 0 Å². The molecule has 1 fully saturated rings. The molecule has 1 aromatic heterocycles. The lowest BCUT2D eigenvalue weighted by Crippen LogP contribution is -2.19. The summed E-state index contributed by atoms with van der Waals surface area (Å²) in [6.07, 6.45) is 5.12. The van der Waals surface area contributed by atoms with Gasteiger partial charge in [0.1, 0.15) is 0 Å². The summed E-state index contributed by atoms with van der Waals surface area (Å²) in [7, 11) is 0. The SMILES string of the molecule is O=C1NC(=Nc2cccc(Cl)c2Cl)SC1=Cc1cccnc1. The van der Waals surface area contributed by atoms with E-state index in [1.807, 2.05) is 12.1 Å². The number of nitrogens with one attached hydrogen (secondary N) is 1. The van der Waals surface area contributed by atoms with Gasteiger partial charge in [0, 0.05) is 12.4 Å². The molecule has 1 amide bonds. The van der Waals surface area contributed by atoms with Crippen molar-refractivity contribution in [2.45, 2.75) is 0 Å². The molecule has 0 saturated carbocycles. The second-order valence-corrected chi connectivity index (χ2v) is 6.16. The predicted octanol–water partition coefficient (Wildman–Crippen LogP) is 4.28. The molecule has 1 aliphatic rings. The summed E-state index contributed by atoms with van der Waals surface area (Å²) >= 11 is 13.3. The summed E-state index contributed by atoms with van der Waals surface area (Å²) in [4.78, 5) is 20.9. The van der Waals surface area contributed by atoms with Gasteiger partial charge < -0.3 is 5.32 Å². The molecule has 1 aromatic carbocycles. The van der Waals surface area contributed by atoms with Crippen molar-refractivity contribution in [2.24, 2.45) is 4.99 Å². The fourth-order valence-corrected chi connectivity index (χ4v) is 2.95. The third kappa shape index (κ3) is 3.32. The lowest BCUT2D eigenvalue weighted by Gasteiger charge is -2.00. The molecule has 0 bridgehead atoms.